The topological polar surface area (TPSA) is 37.3 Å². The van der Waals surface area contributed by atoms with Gasteiger partial charge in [0.15, 0.2) is 0 Å². The van der Waals surface area contributed by atoms with Gasteiger partial charge in [0.05, 0.1) is 12.1 Å². The third-order valence-corrected chi connectivity index (χ3v) is 3.30. The molecule has 0 spiro atoms. The molecule has 2 nitrogen and oxygen atoms in total. The molecule has 14 heavy (non-hydrogen) atoms. The summed E-state index contributed by atoms with van der Waals surface area (Å²) in [5.74, 6) is -0.715. The molecular formula is C11H19FO2. The van der Waals surface area contributed by atoms with Crippen molar-refractivity contribution in [2.24, 2.45) is 5.41 Å². The van der Waals surface area contributed by atoms with Crippen molar-refractivity contribution in [3.05, 3.63) is 0 Å². The summed E-state index contributed by atoms with van der Waals surface area (Å²) in [5.41, 5.74) is -0.609. The van der Waals surface area contributed by atoms with Crippen LogP contribution >= 0.6 is 0 Å². The Morgan fingerprint density at radius 2 is 1.79 bits per heavy atom. The summed E-state index contributed by atoms with van der Waals surface area (Å²) in [4.78, 5) is 11.2. The molecule has 0 atom stereocenters. The highest BCUT2D eigenvalue weighted by atomic mass is 19.1. The summed E-state index contributed by atoms with van der Waals surface area (Å²) >= 11 is 0. The van der Waals surface area contributed by atoms with Crippen LogP contribution in [0.1, 0.15) is 51.4 Å². The van der Waals surface area contributed by atoms with Crippen molar-refractivity contribution in [1.82, 2.24) is 0 Å². The van der Waals surface area contributed by atoms with E-state index in [0.29, 0.717) is 12.8 Å². The summed E-state index contributed by atoms with van der Waals surface area (Å²) in [6.07, 6.45) is 6.61. The molecule has 0 aromatic carbocycles. The third-order valence-electron chi connectivity index (χ3n) is 3.30. The van der Waals surface area contributed by atoms with Gasteiger partial charge in [0, 0.05) is 0 Å². The van der Waals surface area contributed by atoms with Crippen LogP contribution in [0.2, 0.25) is 0 Å². The van der Waals surface area contributed by atoms with Crippen molar-refractivity contribution >= 4 is 5.97 Å². The standard InChI is InChI=1S/C11H19FO2/c12-9-5-8-11(10(13)14)6-3-1-2-4-7-11/h1-9H2,(H,13,14). The van der Waals surface area contributed by atoms with E-state index in [1.165, 1.54) is 0 Å². The Kier molecular flexibility index (Phi) is 4.36. The van der Waals surface area contributed by atoms with Crippen molar-refractivity contribution < 1.29 is 14.3 Å². The van der Waals surface area contributed by atoms with Crippen molar-refractivity contribution in [2.75, 3.05) is 6.67 Å². The number of carbonyl (C=O) groups is 1. The smallest absolute Gasteiger partial charge is 0.309 e. The van der Waals surface area contributed by atoms with Crippen LogP contribution < -0.4 is 0 Å². The Hall–Kier alpha value is -0.600. The number of alkyl halides is 1. The first-order valence-electron chi connectivity index (χ1n) is 5.51. The Labute approximate surface area is 84.5 Å². The van der Waals surface area contributed by atoms with Crippen LogP contribution in [0.3, 0.4) is 0 Å². The lowest BCUT2D eigenvalue weighted by Gasteiger charge is -2.27. The fraction of sp³-hybridized carbons (Fsp3) is 0.909. The van der Waals surface area contributed by atoms with Crippen LogP contribution in [0.4, 0.5) is 4.39 Å². The number of aliphatic carboxylic acids is 1. The van der Waals surface area contributed by atoms with Crippen LogP contribution in [0.5, 0.6) is 0 Å². The van der Waals surface area contributed by atoms with Gasteiger partial charge < -0.3 is 5.11 Å². The molecule has 3 heteroatoms. The SMILES string of the molecule is O=C(O)C1(CCCF)CCCCCC1. The predicted octanol–water partition coefficient (Wildman–Crippen LogP) is 3.16. The average Bonchev–Trinajstić information content (AvgIpc) is 2.41. The predicted molar refractivity (Wildman–Crippen MR) is 53.0 cm³/mol. The zero-order chi connectivity index (χ0) is 10.4. The molecule has 0 bridgehead atoms. The number of halogens is 1. The number of hydrogen-bond acceptors (Lipinski definition) is 1. The number of carboxylic acids is 1. The van der Waals surface area contributed by atoms with Crippen LogP contribution in [-0.2, 0) is 4.79 Å². The van der Waals surface area contributed by atoms with E-state index in [1.54, 1.807) is 0 Å². The Bertz CT molecular complexity index is 184. The van der Waals surface area contributed by atoms with Crippen LogP contribution in [0.25, 0.3) is 0 Å². The Morgan fingerprint density at radius 1 is 1.21 bits per heavy atom. The van der Waals surface area contributed by atoms with Crippen molar-refractivity contribution in [3.63, 3.8) is 0 Å². The largest absolute Gasteiger partial charge is 0.481 e. The normalized spacial score (nSPS) is 21.5. The first-order valence-corrected chi connectivity index (χ1v) is 5.51. The lowest BCUT2D eigenvalue weighted by Crippen LogP contribution is -2.30. The molecule has 0 aromatic heterocycles. The van der Waals surface area contributed by atoms with Gasteiger partial charge in [0.2, 0.25) is 0 Å². The second-order valence-electron chi connectivity index (χ2n) is 4.29. The summed E-state index contributed by atoms with van der Waals surface area (Å²) < 4.78 is 12.1. The fourth-order valence-corrected chi connectivity index (χ4v) is 2.38. The quantitative estimate of drug-likeness (QED) is 0.711. The molecule has 0 radical (unpaired) electrons. The van der Waals surface area contributed by atoms with E-state index in [2.05, 4.69) is 0 Å². The van der Waals surface area contributed by atoms with E-state index in [4.69, 9.17) is 0 Å². The summed E-state index contributed by atoms with van der Waals surface area (Å²) in [6, 6.07) is 0. The molecule has 1 aliphatic carbocycles. The lowest BCUT2D eigenvalue weighted by molar-refractivity contribution is -0.150. The van der Waals surface area contributed by atoms with Gasteiger partial charge >= 0.3 is 5.97 Å². The van der Waals surface area contributed by atoms with Gasteiger partial charge in [-0.25, -0.2) is 0 Å². The van der Waals surface area contributed by atoms with Crippen molar-refractivity contribution in [2.45, 2.75) is 51.4 Å². The zero-order valence-electron chi connectivity index (χ0n) is 8.60. The molecule has 0 saturated heterocycles. The van der Waals surface area contributed by atoms with Gasteiger partial charge in [0.25, 0.3) is 0 Å². The van der Waals surface area contributed by atoms with E-state index >= 15 is 0 Å². The third kappa shape index (κ3) is 2.69. The van der Waals surface area contributed by atoms with Gasteiger partial charge in [-0.05, 0) is 25.7 Å². The minimum absolute atomic E-state index is 0.394. The molecule has 1 fully saturated rings. The zero-order valence-corrected chi connectivity index (χ0v) is 8.60. The molecular weight excluding hydrogens is 183 g/mol. The van der Waals surface area contributed by atoms with E-state index in [1.807, 2.05) is 0 Å². The molecule has 0 amide bonds. The highest BCUT2D eigenvalue weighted by molar-refractivity contribution is 5.74. The Morgan fingerprint density at radius 3 is 2.21 bits per heavy atom. The van der Waals surface area contributed by atoms with Gasteiger partial charge in [-0.3, -0.25) is 9.18 Å². The van der Waals surface area contributed by atoms with Crippen molar-refractivity contribution in [1.29, 1.82) is 0 Å². The second kappa shape index (κ2) is 5.32. The monoisotopic (exact) mass is 202 g/mol. The van der Waals surface area contributed by atoms with Crippen LogP contribution in [0, 0.1) is 5.41 Å². The maximum Gasteiger partial charge on any atom is 0.309 e. The highest BCUT2D eigenvalue weighted by Crippen LogP contribution is 2.39. The van der Waals surface area contributed by atoms with E-state index in [0.717, 1.165) is 38.5 Å². The lowest BCUT2D eigenvalue weighted by atomic mass is 9.77. The van der Waals surface area contributed by atoms with Gasteiger partial charge in [-0.15, -0.1) is 0 Å². The second-order valence-corrected chi connectivity index (χ2v) is 4.29. The Balaban J connectivity index is 2.62. The summed E-state index contributed by atoms with van der Waals surface area (Å²) in [5, 5.41) is 9.22. The van der Waals surface area contributed by atoms with Gasteiger partial charge in [-0.2, -0.15) is 0 Å². The maximum absolute atomic E-state index is 12.1. The summed E-state index contributed by atoms with van der Waals surface area (Å²) in [7, 11) is 0. The average molecular weight is 202 g/mol. The molecule has 0 heterocycles. The molecule has 0 unspecified atom stereocenters. The van der Waals surface area contributed by atoms with Gasteiger partial charge in [-0.1, -0.05) is 25.7 Å². The number of carboxylic acid groups (broad SMARTS) is 1. The summed E-state index contributed by atoms with van der Waals surface area (Å²) in [6.45, 7) is -0.394. The number of hydrogen-bond donors (Lipinski definition) is 1. The number of rotatable bonds is 4. The van der Waals surface area contributed by atoms with Crippen molar-refractivity contribution in [3.8, 4) is 0 Å². The molecule has 1 aliphatic rings. The van der Waals surface area contributed by atoms with E-state index in [-0.39, 0.29) is 0 Å². The maximum atomic E-state index is 12.1. The molecule has 0 aromatic rings. The minimum atomic E-state index is -0.715. The molecule has 82 valence electrons. The van der Waals surface area contributed by atoms with Crippen LogP contribution in [-0.4, -0.2) is 17.8 Å². The molecule has 1 rings (SSSR count). The van der Waals surface area contributed by atoms with Crippen LogP contribution in [0.15, 0.2) is 0 Å². The van der Waals surface area contributed by atoms with E-state index < -0.39 is 18.1 Å². The fourth-order valence-electron chi connectivity index (χ4n) is 2.38. The van der Waals surface area contributed by atoms with Gasteiger partial charge in [0.1, 0.15) is 0 Å². The molecule has 1 saturated carbocycles. The molecule has 1 N–H and O–H groups in total. The highest BCUT2D eigenvalue weighted by Gasteiger charge is 2.37. The molecule has 0 aliphatic heterocycles. The first-order chi connectivity index (χ1) is 6.71. The van der Waals surface area contributed by atoms with E-state index in [9.17, 15) is 14.3 Å². The first kappa shape index (κ1) is 11.5. The minimum Gasteiger partial charge on any atom is -0.481 e.